The number of esters is 1. The largest absolute Gasteiger partial charge is 0.465 e. The third-order valence-corrected chi connectivity index (χ3v) is 1.45. The molecule has 0 saturated carbocycles. The highest BCUT2D eigenvalue weighted by atomic mass is 79.9. The van der Waals surface area contributed by atoms with Crippen LogP contribution >= 0.6 is 15.9 Å². The summed E-state index contributed by atoms with van der Waals surface area (Å²) in [6.45, 7) is 3.98. The maximum Gasteiger partial charge on any atom is 0.344 e. The zero-order valence-electron chi connectivity index (χ0n) is 6.35. The first kappa shape index (κ1) is 9.69. The fourth-order valence-corrected chi connectivity index (χ4v) is 1.15. The van der Waals surface area contributed by atoms with Gasteiger partial charge in [-0.15, -0.1) is 0 Å². The molecule has 2 nitrogen and oxygen atoms in total. The molecule has 0 saturated heterocycles. The average Bonchev–Trinajstić information content (AvgIpc) is 1.85. The van der Waals surface area contributed by atoms with E-state index >= 15 is 0 Å². The zero-order chi connectivity index (χ0) is 8.15. The second kappa shape index (κ2) is 4.50. The van der Waals surface area contributed by atoms with E-state index in [4.69, 9.17) is 0 Å². The molecular formula is C7H11BrO2. The van der Waals surface area contributed by atoms with Gasteiger partial charge in [0.05, 0.1) is 11.6 Å². The van der Waals surface area contributed by atoms with Crippen molar-refractivity contribution >= 4 is 21.9 Å². The van der Waals surface area contributed by atoms with Gasteiger partial charge in [-0.05, 0) is 21.8 Å². The summed E-state index contributed by atoms with van der Waals surface area (Å²) in [6, 6.07) is 0. The van der Waals surface area contributed by atoms with Crippen molar-refractivity contribution in [1.29, 1.82) is 0 Å². The highest BCUT2D eigenvalue weighted by Gasteiger charge is 2.04. The summed E-state index contributed by atoms with van der Waals surface area (Å²) in [7, 11) is 1.36. The van der Waals surface area contributed by atoms with Gasteiger partial charge in [0, 0.05) is 0 Å². The smallest absolute Gasteiger partial charge is 0.344 e. The molecule has 0 aliphatic carbocycles. The Kier molecular flexibility index (Phi) is 4.36. The molecule has 0 aliphatic rings. The molecule has 0 unspecified atom stereocenters. The Bertz CT molecular complexity index is 150. The summed E-state index contributed by atoms with van der Waals surface area (Å²) >= 11 is 3.09. The standard InChI is InChI=1S/C7H11BrO2/c1-5(2)4-6(8)7(9)10-3/h4-5H,1-3H3/b6-4-. The van der Waals surface area contributed by atoms with E-state index < -0.39 is 0 Å². The summed E-state index contributed by atoms with van der Waals surface area (Å²) in [5.41, 5.74) is 0. The normalized spacial score (nSPS) is 11.9. The lowest BCUT2D eigenvalue weighted by atomic mass is 10.2. The fourth-order valence-electron chi connectivity index (χ4n) is 0.458. The van der Waals surface area contributed by atoms with Crippen LogP contribution in [0.3, 0.4) is 0 Å². The van der Waals surface area contributed by atoms with Gasteiger partial charge in [-0.2, -0.15) is 0 Å². The van der Waals surface area contributed by atoms with Crippen molar-refractivity contribution in [2.75, 3.05) is 7.11 Å². The van der Waals surface area contributed by atoms with Crippen molar-refractivity contribution in [2.45, 2.75) is 13.8 Å². The van der Waals surface area contributed by atoms with Gasteiger partial charge < -0.3 is 4.74 Å². The van der Waals surface area contributed by atoms with Crippen LogP contribution in [0.1, 0.15) is 13.8 Å². The third-order valence-electron chi connectivity index (χ3n) is 0.860. The minimum absolute atomic E-state index is 0.325. The Morgan fingerprint density at radius 3 is 2.40 bits per heavy atom. The Balaban J connectivity index is 4.05. The molecule has 3 heteroatoms. The monoisotopic (exact) mass is 206 g/mol. The van der Waals surface area contributed by atoms with Crippen LogP contribution in [0.2, 0.25) is 0 Å². The predicted molar refractivity (Wildman–Crippen MR) is 43.9 cm³/mol. The first-order valence-corrected chi connectivity index (χ1v) is 3.83. The molecule has 0 bridgehead atoms. The van der Waals surface area contributed by atoms with E-state index in [1.165, 1.54) is 7.11 Å². The number of allylic oxidation sites excluding steroid dienone is 1. The molecule has 0 radical (unpaired) electrons. The highest BCUT2D eigenvalue weighted by Crippen LogP contribution is 2.10. The second-order valence-corrected chi connectivity index (χ2v) is 3.10. The fraction of sp³-hybridized carbons (Fsp3) is 0.571. The minimum Gasteiger partial charge on any atom is -0.465 e. The van der Waals surface area contributed by atoms with E-state index in [0.717, 1.165) is 0 Å². The summed E-state index contributed by atoms with van der Waals surface area (Å²) in [4.78, 5) is 10.7. The summed E-state index contributed by atoms with van der Waals surface area (Å²) < 4.78 is 4.95. The lowest BCUT2D eigenvalue weighted by Crippen LogP contribution is -2.00. The van der Waals surface area contributed by atoms with Crippen molar-refractivity contribution in [3.63, 3.8) is 0 Å². The molecular weight excluding hydrogens is 196 g/mol. The quantitative estimate of drug-likeness (QED) is 0.511. The molecule has 0 atom stereocenters. The molecule has 0 spiro atoms. The molecule has 58 valence electrons. The van der Waals surface area contributed by atoms with Gasteiger partial charge in [0.25, 0.3) is 0 Å². The van der Waals surface area contributed by atoms with Crippen LogP contribution in [-0.4, -0.2) is 13.1 Å². The van der Waals surface area contributed by atoms with Crippen molar-refractivity contribution in [2.24, 2.45) is 5.92 Å². The molecule has 0 N–H and O–H groups in total. The van der Waals surface area contributed by atoms with Crippen molar-refractivity contribution in [1.82, 2.24) is 0 Å². The Labute approximate surface area is 69.4 Å². The van der Waals surface area contributed by atoms with E-state index in [1.54, 1.807) is 6.08 Å². The lowest BCUT2D eigenvalue weighted by molar-refractivity contribution is -0.135. The van der Waals surface area contributed by atoms with E-state index in [1.807, 2.05) is 13.8 Å². The van der Waals surface area contributed by atoms with Crippen LogP contribution < -0.4 is 0 Å². The maximum absolute atomic E-state index is 10.7. The van der Waals surface area contributed by atoms with Crippen LogP contribution in [0.15, 0.2) is 10.6 Å². The van der Waals surface area contributed by atoms with Crippen molar-refractivity contribution in [3.8, 4) is 0 Å². The van der Waals surface area contributed by atoms with Gasteiger partial charge in [-0.25, -0.2) is 4.79 Å². The Morgan fingerprint density at radius 2 is 2.10 bits per heavy atom. The number of carbonyl (C=O) groups excluding carboxylic acids is 1. The van der Waals surface area contributed by atoms with Crippen LogP contribution in [0.5, 0.6) is 0 Å². The van der Waals surface area contributed by atoms with Gasteiger partial charge in [-0.1, -0.05) is 19.9 Å². The predicted octanol–water partition coefficient (Wildman–Crippen LogP) is 2.09. The van der Waals surface area contributed by atoms with E-state index in [2.05, 4.69) is 20.7 Å². The molecule has 0 amide bonds. The number of hydrogen-bond donors (Lipinski definition) is 0. The van der Waals surface area contributed by atoms with Gasteiger partial charge in [0.2, 0.25) is 0 Å². The molecule has 10 heavy (non-hydrogen) atoms. The Morgan fingerprint density at radius 1 is 1.60 bits per heavy atom. The second-order valence-electron chi connectivity index (χ2n) is 2.25. The van der Waals surface area contributed by atoms with Gasteiger partial charge in [-0.3, -0.25) is 0 Å². The molecule has 0 aromatic heterocycles. The number of carbonyl (C=O) groups is 1. The van der Waals surface area contributed by atoms with Gasteiger partial charge in [0.1, 0.15) is 0 Å². The number of methoxy groups -OCH3 is 1. The molecule has 0 aromatic carbocycles. The molecule has 0 heterocycles. The molecule has 0 aliphatic heterocycles. The lowest BCUT2D eigenvalue weighted by Gasteiger charge is -1.98. The number of ether oxygens (including phenoxy) is 1. The third kappa shape index (κ3) is 3.67. The summed E-state index contributed by atoms with van der Waals surface area (Å²) in [6.07, 6.45) is 1.80. The zero-order valence-corrected chi connectivity index (χ0v) is 7.94. The molecule has 0 rings (SSSR count). The number of rotatable bonds is 2. The number of hydrogen-bond acceptors (Lipinski definition) is 2. The Hall–Kier alpha value is -0.310. The number of halogens is 1. The molecule has 0 aromatic rings. The maximum atomic E-state index is 10.7. The summed E-state index contributed by atoms with van der Waals surface area (Å²) in [5.74, 6) is 0.0298. The first-order valence-electron chi connectivity index (χ1n) is 3.03. The highest BCUT2D eigenvalue weighted by molar-refractivity contribution is 9.12. The van der Waals surface area contributed by atoms with E-state index in [-0.39, 0.29) is 5.97 Å². The van der Waals surface area contributed by atoms with Gasteiger partial charge in [0.15, 0.2) is 0 Å². The summed E-state index contributed by atoms with van der Waals surface area (Å²) in [5, 5.41) is 0. The van der Waals surface area contributed by atoms with Crippen LogP contribution in [-0.2, 0) is 9.53 Å². The molecule has 0 fully saturated rings. The van der Waals surface area contributed by atoms with E-state index in [9.17, 15) is 4.79 Å². The minimum atomic E-state index is -0.325. The van der Waals surface area contributed by atoms with Crippen LogP contribution in [0, 0.1) is 5.92 Å². The van der Waals surface area contributed by atoms with Crippen LogP contribution in [0.4, 0.5) is 0 Å². The topological polar surface area (TPSA) is 26.3 Å². The average molecular weight is 207 g/mol. The van der Waals surface area contributed by atoms with Gasteiger partial charge >= 0.3 is 5.97 Å². The SMILES string of the molecule is COC(=O)/C(Br)=C/C(C)C. The first-order chi connectivity index (χ1) is 4.57. The van der Waals surface area contributed by atoms with Crippen molar-refractivity contribution in [3.05, 3.63) is 10.6 Å². The van der Waals surface area contributed by atoms with E-state index in [0.29, 0.717) is 10.4 Å². The van der Waals surface area contributed by atoms with Crippen LogP contribution in [0.25, 0.3) is 0 Å². The van der Waals surface area contributed by atoms with Crippen molar-refractivity contribution < 1.29 is 9.53 Å².